The molecule has 0 saturated heterocycles. The highest BCUT2D eigenvalue weighted by Gasteiger charge is 2.52. The van der Waals surface area contributed by atoms with Crippen LogP contribution >= 0.6 is 0 Å². The lowest BCUT2D eigenvalue weighted by Crippen LogP contribution is -2.42. The molecule has 0 radical (unpaired) electrons. The number of benzene rings is 6. The van der Waals surface area contributed by atoms with Gasteiger partial charge in [-0.05, 0) is 124 Å². The summed E-state index contributed by atoms with van der Waals surface area (Å²) in [5, 5.41) is 9.99. The van der Waals surface area contributed by atoms with Crippen molar-refractivity contribution in [2.75, 3.05) is 0 Å². The van der Waals surface area contributed by atoms with Crippen LogP contribution in [0.25, 0.3) is 56.4 Å². The molecule has 6 aromatic carbocycles. The standard InChI is InChI=1S/C52H42N4/c1-32-24-35-25-33(2)29-51(28-32,30-35)39-20-17-37(18-21-39)49-54-48(36-10-4-3-5-11-36)55-50(56-49)38-19-22-42-43-26-34(31-53)16-23-46(43)52(47(42)27-38)44-14-8-6-12-40(44)41-13-7-9-15-45(41)52/h3-23,26-27,32-33,35H,24-25,28-30H2,1-2H3/t32-,33+,35-,51?. The van der Waals surface area contributed by atoms with Crippen LogP contribution < -0.4 is 0 Å². The van der Waals surface area contributed by atoms with Crippen molar-refractivity contribution in [3.63, 3.8) is 0 Å². The Morgan fingerprint density at radius 2 is 1.04 bits per heavy atom. The Morgan fingerprint density at radius 1 is 0.500 bits per heavy atom. The van der Waals surface area contributed by atoms with Gasteiger partial charge in [-0.2, -0.15) is 5.26 Å². The summed E-state index contributed by atoms with van der Waals surface area (Å²) in [4.78, 5) is 15.6. The lowest BCUT2D eigenvalue weighted by molar-refractivity contribution is 0.0780. The Balaban J connectivity index is 1.08. The maximum Gasteiger partial charge on any atom is 0.164 e. The smallest absolute Gasteiger partial charge is 0.164 e. The minimum atomic E-state index is -0.540. The molecule has 0 amide bonds. The zero-order valence-electron chi connectivity index (χ0n) is 31.8. The van der Waals surface area contributed by atoms with Gasteiger partial charge in [0.2, 0.25) is 0 Å². The van der Waals surface area contributed by atoms with Gasteiger partial charge in [-0.15, -0.1) is 0 Å². The summed E-state index contributed by atoms with van der Waals surface area (Å²) in [6, 6.07) is 52.3. The Labute approximate surface area is 329 Å². The van der Waals surface area contributed by atoms with Crippen molar-refractivity contribution in [1.29, 1.82) is 5.26 Å². The molecule has 4 aliphatic carbocycles. The van der Waals surface area contributed by atoms with E-state index in [-0.39, 0.29) is 5.41 Å². The van der Waals surface area contributed by atoms with Crippen LogP contribution in [-0.4, -0.2) is 15.0 Å². The maximum absolute atomic E-state index is 9.99. The Bertz CT molecular complexity index is 2680. The van der Waals surface area contributed by atoms with Crippen molar-refractivity contribution < 1.29 is 0 Å². The third-order valence-corrected chi connectivity index (χ3v) is 13.5. The molecule has 4 nitrogen and oxygen atoms in total. The maximum atomic E-state index is 9.99. The van der Waals surface area contributed by atoms with Crippen LogP contribution in [0.1, 0.15) is 79.3 Å². The third-order valence-electron chi connectivity index (χ3n) is 13.5. The van der Waals surface area contributed by atoms with Crippen molar-refractivity contribution >= 4 is 0 Å². The number of rotatable bonds is 4. The van der Waals surface area contributed by atoms with E-state index in [2.05, 4.69) is 135 Å². The molecule has 1 aromatic heterocycles. The average molecular weight is 723 g/mol. The van der Waals surface area contributed by atoms with E-state index in [1.807, 2.05) is 24.3 Å². The Hall–Kier alpha value is -6.18. The van der Waals surface area contributed by atoms with Crippen LogP contribution in [-0.2, 0) is 10.8 Å². The molecular weight excluding hydrogens is 681 g/mol. The summed E-state index contributed by atoms with van der Waals surface area (Å²) in [6.45, 7) is 4.91. The van der Waals surface area contributed by atoms with Gasteiger partial charge in [0, 0.05) is 16.7 Å². The van der Waals surface area contributed by atoms with Gasteiger partial charge in [0.1, 0.15) is 0 Å². The summed E-state index contributed by atoms with van der Waals surface area (Å²) < 4.78 is 0. The first kappa shape index (κ1) is 33.2. The molecule has 2 saturated carbocycles. The van der Waals surface area contributed by atoms with Gasteiger partial charge in [0.05, 0.1) is 17.0 Å². The Kier molecular flexibility index (Phi) is 7.36. The summed E-state index contributed by atoms with van der Waals surface area (Å²) >= 11 is 0. The highest BCUT2D eigenvalue weighted by atomic mass is 15.0. The van der Waals surface area contributed by atoms with Crippen LogP contribution in [0.15, 0.2) is 140 Å². The van der Waals surface area contributed by atoms with Crippen molar-refractivity contribution in [3.8, 4) is 62.5 Å². The minimum absolute atomic E-state index is 0.265. The van der Waals surface area contributed by atoms with Crippen LogP contribution in [0, 0.1) is 29.1 Å². The highest BCUT2D eigenvalue weighted by Crippen LogP contribution is 2.63. The first-order chi connectivity index (χ1) is 27.4. The van der Waals surface area contributed by atoms with Gasteiger partial charge in [0.15, 0.2) is 17.5 Å². The Morgan fingerprint density at radius 3 is 1.68 bits per heavy atom. The molecule has 1 unspecified atom stereocenters. The number of hydrogen-bond donors (Lipinski definition) is 0. The number of hydrogen-bond acceptors (Lipinski definition) is 4. The quantitative estimate of drug-likeness (QED) is 0.181. The summed E-state index contributed by atoms with van der Waals surface area (Å²) in [5.41, 5.74) is 14.4. The van der Waals surface area contributed by atoms with E-state index >= 15 is 0 Å². The molecule has 2 bridgehead atoms. The van der Waals surface area contributed by atoms with E-state index in [0.29, 0.717) is 23.0 Å². The van der Waals surface area contributed by atoms with Gasteiger partial charge in [-0.25, -0.2) is 15.0 Å². The molecular formula is C52H42N4. The fourth-order valence-corrected chi connectivity index (χ4v) is 11.7. The van der Waals surface area contributed by atoms with Gasteiger partial charge >= 0.3 is 0 Å². The largest absolute Gasteiger partial charge is 0.208 e. The predicted octanol–water partition coefficient (Wildman–Crippen LogP) is 12.2. The van der Waals surface area contributed by atoms with E-state index < -0.39 is 5.41 Å². The van der Waals surface area contributed by atoms with Gasteiger partial charge in [-0.3, -0.25) is 0 Å². The number of nitriles is 1. The zero-order valence-corrected chi connectivity index (χ0v) is 31.8. The fraction of sp³-hybridized carbons (Fsp3) is 0.231. The van der Waals surface area contributed by atoms with Crippen LogP contribution in [0.2, 0.25) is 0 Å². The number of nitrogens with zero attached hydrogens (tertiary/aromatic N) is 4. The molecule has 11 rings (SSSR count). The number of fused-ring (bicyclic) bond motifs is 12. The fourth-order valence-electron chi connectivity index (χ4n) is 11.7. The normalized spacial score (nSPS) is 22.1. The molecule has 7 aromatic rings. The van der Waals surface area contributed by atoms with Gasteiger partial charge < -0.3 is 0 Å². The second-order valence-electron chi connectivity index (χ2n) is 17.2. The predicted molar refractivity (Wildman–Crippen MR) is 224 cm³/mol. The average Bonchev–Trinajstić information content (AvgIpc) is 3.70. The first-order valence-electron chi connectivity index (χ1n) is 20.3. The second-order valence-corrected chi connectivity index (χ2v) is 17.2. The molecule has 2 fully saturated rings. The molecule has 0 N–H and O–H groups in total. The second kappa shape index (κ2) is 12.4. The minimum Gasteiger partial charge on any atom is -0.208 e. The molecule has 56 heavy (non-hydrogen) atoms. The summed E-state index contributed by atoms with van der Waals surface area (Å²) in [7, 11) is 0. The van der Waals surface area contributed by atoms with E-state index in [0.717, 1.165) is 45.6 Å². The van der Waals surface area contributed by atoms with Crippen molar-refractivity contribution in [2.24, 2.45) is 17.8 Å². The van der Waals surface area contributed by atoms with Gasteiger partial charge in [-0.1, -0.05) is 135 Å². The molecule has 0 aliphatic heterocycles. The molecule has 4 heteroatoms. The lowest BCUT2D eigenvalue weighted by atomic mass is 9.54. The van der Waals surface area contributed by atoms with E-state index in [1.54, 1.807) is 0 Å². The van der Waals surface area contributed by atoms with Crippen LogP contribution in [0.3, 0.4) is 0 Å². The van der Waals surface area contributed by atoms with E-state index in [9.17, 15) is 5.26 Å². The molecule has 1 spiro atoms. The SMILES string of the molecule is C[C@@H]1C[C@@H]2C[C@H](C)CC(c3ccc(-c4nc(-c5ccccc5)nc(-c5ccc6c(c5)C5(c7ccccc7-c7ccccc75)c5ccc(C#N)cc5-6)n4)cc3)(C1)C2. The monoisotopic (exact) mass is 722 g/mol. The molecule has 4 aliphatic rings. The highest BCUT2D eigenvalue weighted by molar-refractivity contribution is 5.96. The van der Waals surface area contributed by atoms with E-state index in [1.165, 1.54) is 71.0 Å². The van der Waals surface area contributed by atoms with Gasteiger partial charge in [0.25, 0.3) is 0 Å². The first-order valence-corrected chi connectivity index (χ1v) is 20.3. The topological polar surface area (TPSA) is 62.5 Å². The molecule has 270 valence electrons. The molecule has 1 heterocycles. The summed E-state index contributed by atoms with van der Waals surface area (Å²) in [6.07, 6.45) is 6.60. The van der Waals surface area contributed by atoms with Crippen molar-refractivity contribution in [2.45, 2.75) is 56.8 Å². The third kappa shape index (κ3) is 4.86. The van der Waals surface area contributed by atoms with E-state index in [4.69, 9.17) is 15.0 Å². The zero-order chi connectivity index (χ0) is 37.6. The lowest BCUT2D eigenvalue weighted by Gasteiger charge is -2.50. The van der Waals surface area contributed by atoms with Crippen molar-refractivity contribution in [1.82, 2.24) is 15.0 Å². The van der Waals surface area contributed by atoms with Crippen LogP contribution in [0.5, 0.6) is 0 Å². The number of aromatic nitrogens is 3. The van der Waals surface area contributed by atoms with Crippen LogP contribution in [0.4, 0.5) is 0 Å². The summed E-state index contributed by atoms with van der Waals surface area (Å²) in [5.74, 6) is 4.34. The molecule has 4 atom stereocenters. The van der Waals surface area contributed by atoms with Crippen molar-refractivity contribution in [3.05, 3.63) is 173 Å².